The molecule has 0 aromatic carbocycles. The minimum absolute atomic E-state index is 0.553. The van der Waals surface area contributed by atoms with Crippen LogP contribution in [-0.4, -0.2) is 47.1 Å². The molecule has 0 amide bonds. The molecular formula is C6H14O9P2. The smallest absolute Gasteiger partial charge is 0.393 e. The van der Waals surface area contributed by atoms with Crippen molar-refractivity contribution in [3.63, 3.8) is 0 Å². The molecule has 1 aliphatic rings. The van der Waals surface area contributed by atoms with Gasteiger partial charge in [0.05, 0.1) is 13.2 Å². The van der Waals surface area contributed by atoms with Gasteiger partial charge in [-0.1, -0.05) is 0 Å². The van der Waals surface area contributed by atoms with E-state index >= 15 is 0 Å². The molecule has 1 saturated heterocycles. The maximum atomic E-state index is 11.6. The quantitative estimate of drug-likeness (QED) is 0.602. The van der Waals surface area contributed by atoms with Crippen LogP contribution in [0.5, 0.6) is 0 Å². The Morgan fingerprint density at radius 3 is 2.59 bits per heavy atom. The Balaban J connectivity index is 3.03. The lowest BCUT2D eigenvalue weighted by Gasteiger charge is -2.36. The summed E-state index contributed by atoms with van der Waals surface area (Å²) in [6, 6.07) is 0. The van der Waals surface area contributed by atoms with Gasteiger partial charge in [0.2, 0.25) is 0 Å². The second-order valence-electron chi connectivity index (χ2n) is 3.55. The summed E-state index contributed by atoms with van der Waals surface area (Å²) in [4.78, 5) is 9.29. The summed E-state index contributed by atoms with van der Waals surface area (Å²) in [7, 11) is -8.13. The van der Waals surface area contributed by atoms with Gasteiger partial charge in [-0.2, -0.15) is 4.31 Å². The molecule has 0 bridgehead atoms. The number of phosphoric acid groups is 2. The Morgan fingerprint density at radius 1 is 1.53 bits per heavy atom. The van der Waals surface area contributed by atoms with Crippen LogP contribution < -0.4 is 0 Å². The van der Waals surface area contributed by atoms with Crippen LogP contribution in [0.2, 0.25) is 0 Å². The minimum Gasteiger partial charge on any atom is -0.393 e. The molecule has 1 heterocycles. The summed E-state index contributed by atoms with van der Waals surface area (Å²) in [5, 5.41) is 18.6. The van der Waals surface area contributed by atoms with Crippen LogP contribution in [0.15, 0.2) is 0 Å². The molecule has 1 rings (SSSR count). The van der Waals surface area contributed by atoms with Crippen molar-refractivity contribution < 1.29 is 42.1 Å². The highest BCUT2D eigenvalue weighted by molar-refractivity contribution is 7.61. The number of phosphoric ester groups is 2. The van der Waals surface area contributed by atoms with Crippen molar-refractivity contribution in [2.45, 2.75) is 18.6 Å². The number of aliphatic hydroxyl groups excluding tert-OH is 2. The topological polar surface area (TPSA) is 132 Å². The van der Waals surface area contributed by atoms with Crippen LogP contribution in [0.3, 0.4) is 0 Å². The average molecular weight is 292 g/mol. The zero-order valence-corrected chi connectivity index (χ0v) is 11.0. The van der Waals surface area contributed by atoms with Crippen molar-refractivity contribution in [2.75, 3.05) is 20.3 Å². The van der Waals surface area contributed by atoms with Crippen LogP contribution in [0.25, 0.3) is 0 Å². The third-order valence-electron chi connectivity index (χ3n) is 2.16. The number of aliphatic hydroxyl groups is 2. The average Bonchev–Trinajstić information content (AvgIpc) is 2.23. The Hall–Kier alpha value is 0.180. The van der Waals surface area contributed by atoms with Gasteiger partial charge in [-0.05, 0) is 6.92 Å². The number of hydrogen-bond donors (Lipinski definition) is 3. The first-order chi connectivity index (χ1) is 7.66. The van der Waals surface area contributed by atoms with E-state index in [0.717, 1.165) is 7.11 Å². The molecule has 9 nitrogen and oxygen atoms in total. The molecule has 4 atom stereocenters. The molecule has 0 aromatic rings. The van der Waals surface area contributed by atoms with Crippen molar-refractivity contribution in [3.8, 4) is 0 Å². The minimum atomic E-state index is -4.80. The summed E-state index contributed by atoms with van der Waals surface area (Å²) in [5.74, 6) is 0. The standard InChI is InChI=1S/C6H14O9P2/c1-6(4-7)5(8)3-13-17(11,12-2)15-16(9,10)14-6/h5,7-8H,3-4H2,1-2H3,(H,9,10)/t5-,6+,17?/m1/s1. The van der Waals surface area contributed by atoms with Crippen molar-refractivity contribution >= 4 is 15.6 Å². The van der Waals surface area contributed by atoms with Crippen molar-refractivity contribution in [1.29, 1.82) is 0 Å². The monoisotopic (exact) mass is 292 g/mol. The van der Waals surface area contributed by atoms with E-state index in [1.807, 2.05) is 0 Å². The van der Waals surface area contributed by atoms with Crippen molar-refractivity contribution in [2.24, 2.45) is 0 Å². The van der Waals surface area contributed by atoms with Crippen LogP contribution in [0, 0.1) is 0 Å². The summed E-state index contributed by atoms with van der Waals surface area (Å²) in [6.07, 6.45) is -1.49. The maximum absolute atomic E-state index is 11.6. The molecule has 17 heavy (non-hydrogen) atoms. The van der Waals surface area contributed by atoms with Gasteiger partial charge in [0, 0.05) is 7.11 Å². The van der Waals surface area contributed by atoms with E-state index in [2.05, 4.69) is 17.9 Å². The van der Waals surface area contributed by atoms with Crippen molar-refractivity contribution in [1.82, 2.24) is 0 Å². The highest BCUT2D eigenvalue weighted by Crippen LogP contribution is 2.65. The van der Waals surface area contributed by atoms with Gasteiger partial charge in [0.15, 0.2) is 0 Å². The summed E-state index contributed by atoms with van der Waals surface area (Å²) in [5.41, 5.74) is -1.77. The van der Waals surface area contributed by atoms with Crippen LogP contribution in [-0.2, 0) is 27.0 Å². The molecule has 102 valence electrons. The highest BCUT2D eigenvalue weighted by Gasteiger charge is 2.49. The van der Waals surface area contributed by atoms with Gasteiger partial charge in [-0.3, -0.25) is 13.6 Å². The molecule has 11 heteroatoms. The van der Waals surface area contributed by atoms with Gasteiger partial charge in [0.25, 0.3) is 0 Å². The maximum Gasteiger partial charge on any atom is 0.483 e. The fraction of sp³-hybridized carbons (Fsp3) is 1.00. The lowest BCUT2D eigenvalue weighted by atomic mass is 10.0. The zero-order valence-electron chi connectivity index (χ0n) is 9.18. The van der Waals surface area contributed by atoms with E-state index in [0.29, 0.717) is 0 Å². The Bertz CT molecular complexity index is 370. The molecular weight excluding hydrogens is 278 g/mol. The highest BCUT2D eigenvalue weighted by atomic mass is 31.3. The van der Waals surface area contributed by atoms with E-state index < -0.39 is 40.6 Å². The van der Waals surface area contributed by atoms with E-state index in [9.17, 15) is 19.1 Å². The van der Waals surface area contributed by atoms with E-state index in [4.69, 9.17) is 5.11 Å². The molecule has 2 unspecified atom stereocenters. The largest absolute Gasteiger partial charge is 0.483 e. The van der Waals surface area contributed by atoms with E-state index in [-0.39, 0.29) is 0 Å². The Labute approximate surface area is 97.5 Å². The first-order valence-corrected chi connectivity index (χ1v) is 7.46. The molecule has 1 aliphatic heterocycles. The van der Waals surface area contributed by atoms with Gasteiger partial charge in [-0.15, -0.1) is 0 Å². The van der Waals surface area contributed by atoms with Crippen LogP contribution in [0.1, 0.15) is 6.92 Å². The zero-order chi connectivity index (χ0) is 13.3. The van der Waals surface area contributed by atoms with E-state index in [1.165, 1.54) is 6.92 Å². The lowest BCUT2D eigenvalue weighted by molar-refractivity contribution is -0.109. The molecule has 0 saturated carbocycles. The normalized spacial score (nSPS) is 48.4. The molecule has 0 aliphatic carbocycles. The molecule has 0 radical (unpaired) electrons. The number of hydrogen-bond acceptors (Lipinski definition) is 8. The van der Waals surface area contributed by atoms with Crippen LogP contribution >= 0.6 is 15.6 Å². The second kappa shape index (κ2) is 5.05. The lowest BCUT2D eigenvalue weighted by Crippen LogP contribution is -2.48. The SMILES string of the molecule is COP1(=O)OC[C@@H](O)[C@](C)(CO)OP(=O)(O)O1. The summed E-state index contributed by atoms with van der Waals surface area (Å²) in [6.45, 7) is -0.138. The predicted octanol–water partition coefficient (Wildman–Crippen LogP) is 0.0166. The summed E-state index contributed by atoms with van der Waals surface area (Å²) < 4.78 is 40.8. The fourth-order valence-electron chi connectivity index (χ4n) is 1.05. The fourth-order valence-corrected chi connectivity index (χ4v) is 3.78. The van der Waals surface area contributed by atoms with E-state index in [1.54, 1.807) is 0 Å². The van der Waals surface area contributed by atoms with Gasteiger partial charge < -0.3 is 15.1 Å². The third-order valence-corrected chi connectivity index (χ3v) is 5.35. The molecule has 0 spiro atoms. The van der Waals surface area contributed by atoms with Gasteiger partial charge in [0.1, 0.15) is 11.7 Å². The van der Waals surface area contributed by atoms with Crippen molar-refractivity contribution in [3.05, 3.63) is 0 Å². The summed E-state index contributed by atoms with van der Waals surface area (Å²) >= 11 is 0. The van der Waals surface area contributed by atoms with Gasteiger partial charge >= 0.3 is 15.6 Å². The second-order valence-corrected chi connectivity index (χ2v) is 6.84. The number of rotatable bonds is 2. The van der Waals surface area contributed by atoms with Gasteiger partial charge in [-0.25, -0.2) is 9.13 Å². The first kappa shape index (κ1) is 15.2. The molecule has 3 N–H and O–H groups in total. The predicted molar refractivity (Wildman–Crippen MR) is 54.1 cm³/mol. The Morgan fingerprint density at radius 2 is 2.12 bits per heavy atom. The third kappa shape index (κ3) is 3.57. The molecule has 0 aromatic heterocycles. The molecule has 1 fully saturated rings. The Kier molecular flexibility index (Phi) is 4.52. The van der Waals surface area contributed by atoms with Crippen LogP contribution in [0.4, 0.5) is 0 Å². The first-order valence-electron chi connectivity index (χ1n) is 4.50.